The summed E-state index contributed by atoms with van der Waals surface area (Å²) in [6.07, 6.45) is 0.998. The van der Waals surface area contributed by atoms with E-state index in [0.29, 0.717) is 31.1 Å². The van der Waals surface area contributed by atoms with Gasteiger partial charge in [-0.2, -0.15) is 0 Å². The zero-order valence-corrected chi connectivity index (χ0v) is 13.7. The van der Waals surface area contributed by atoms with E-state index in [-0.39, 0.29) is 16.8 Å². The number of aryl methyl sites for hydroxylation is 1. The van der Waals surface area contributed by atoms with Gasteiger partial charge in [-0.3, -0.25) is 10.1 Å². The predicted molar refractivity (Wildman–Crippen MR) is 87.9 cm³/mol. The highest BCUT2D eigenvalue weighted by atomic mass is 35.5. The fourth-order valence-electron chi connectivity index (χ4n) is 2.67. The number of hydrogen-bond donors (Lipinski definition) is 0. The first kappa shape index (κ1) is 16.6. The predicted octanol–water partition coefficient (Wildman–Crippen LogP) is 3.67. The molecule has 1 aromatic carbocycles. The zero-order chi connectivity index (χ0) is 17.3. The molecule has 6 nitrogen and oxygen atoms in total. The fourth-order valence-corrected chi connectivity index (χ4v) is 2.86. The van der Waals surface area contributed by atoms with Crippen LogP contribution >= 0.6 is 11.6 Å². The van der Waals surface area contributed by atoms with Gasteiger partial charge in [0.05, 0.1) is 16.6 Å². The lowest BCUT2D eigenvalue weighted by molar-refractivity contribution is -0.385. The molecule has 126 valence electrons. The van der Waals surface area contributed by atoms with Crippen molar-refractivity contribution in [2.45, 2.75) is 13.0 Å². The highest BCUT2D eigenvalue weighted by Gasteiger charge is 2.24. The van der Waals surface area contributed by atoms with E-state index in [0.717, 1.165) is 5.56 Å². The van der Waals surface area contributed by atoms with E-state index in [1.807, 2.05) is 4.90 Å². The van der Waals surface area contributed by atoms with Gasteiger partial charge in [0.1, 0.15) is 23.9 Å². The normalized spacial score (nSPS) is 17.8. The molecule has 8 heteroatoms. The van der Waals surface area contributed by atoms with Crippen molar-refractivity contribution < 1.29 is 14.1 Å². The molecule has 1 saturated heterocycles. The van der Waals surface area contributed by atoms with Crippen molar-refractivity contribution in [1.82, 2.24) is 4.98 Å². The molecule has 0 bridgehead atoms. The average Bonchev–Trinajstić information content (AvgIpc) is 2.57. The second kappa shape index (κ2) is 6.70. The lowest BCUT2D eigenvalue weighted by atomic mass is 10.1. The molecule has 0 aliphatic carbocycles. The van der Waals surface area contributed by atoms with Crippen LogP contribution in [-0.2, 0) is 4.74 Å². The number of nitro groups is 1. The van der Waals surface area contributed by atoms with Gasteiger partial charge in [0.15, 0.2) is 0 Å². The smallest absolute Gasteiger partial charge is 0.290 e. The van der Waals surface area contributed by atoms with Crippen LogP contribution in [0, 0.1) is 22.9 Å². The Hall–Kier alpha value is -2.25. The quantitative estimate of drug-likeness (QED) is 0.623. The Kier molecular flexibility index (Phi) is 4.64. The molecule has 1 aliphatic heterocycles. The van der Waals surface area contributed by atoms with Gasteiger partial charge < -0.3 is 9.64 Å². The first-order chi connectivity index (χ1) is 11.5. The van der Waals surface area contributed by atoms with Crippen LogP contribution in [0.1, 0.15) is 17.2 Å². The third-order valence-corrected chi connectivity index (χ3v) is 4.26. The van der Waals surface area contributed by atoms with Crippen LogP contribution in [0.4, 0.5) is 15.9 Å². The monoisotopic (exact) mass is 351 g/mol. The van der Waals surface area contributed by atoms with Crippen LogP contribution in [0.15, 0.2) is 30.5 Å². The van der Waals surface area contributed by atoms with Crippen LogP contribution in [0.2, 0.25) is 5.02 Å². The Labute approximate surface area is 143 Å². The minimum Gasteiger partial charge on any atom is -0.370 e. The third-order valence-electron chi connectivity index (χ3n) is 3.97. The summed E-state index contributed by atoms with van der Waals surface area (Å²) in [7, 11) is 0. The fraction of sp³-hybridized carbons (Fsp3) is 0.312. The molecule has 0 amide bonds. The summed E-state index contributed by atoms with van der Waals surface area (Å²) in [4.78, 5) is 16.6. The number of nitrogens with zero attached hydrogens (tertiary/aromatic N) is 3. The van der Waals surface area contributed by atoms with Crippen LogP contribution in [0.3, 0.4) is 0 Å². The second-order valence-electron chi connectivity index (χ2n) is 5.57. The molecule has 1 unspecified atom stereocenters. The van der Waals surface area contributed by atoms with Crippen molar-refractivity contribution in [3.63, 3.8) is 0 Å². The molecule has 0 N–H and O–H groups in total. The van der Waals surface area contributed by atoms with Crippen molar-refractivity contribution >= 4 is 23.1 Å². The van der Waals surface area contributed by atoms with Gasteiger partial charge >= 0.3 is 0 Å². The van der Waals surface area contributed by atoms with E-state index in [1.165, 1.54) is 12.3 Å². The second-order valence-corrected chi connectivity index (χ2v) is 5.97. The number of hydrogen-bond acceptors (Lipinski definition) is 5. The molecule has 0 saturated carbocycles. The van der Waals surface area contributed by atoms with Crippen molar-refractivity contribution in [2.24, 2.45) is 0 Å². The number of aromatic nitrogens is 1. The average molecular weight is 352 g/mol. The Balaban J connectivity index is 1.81. The summed E-state index contributed by atoms with van der Waals surface area (Å²) in [5.41, 5.74) is 1.33. The summed E-state index contributed by atoms with van der Waals surface area (Å²) in [5.74, 6) is 0.181. The molecule has 3 rings (SSSR count). The SMILES string of the molecule is Cc1cc(N2CCOC(c3ccc(F)c(Cl)c3)C2)ncc1[N+](=O)[O-]. The van der Waals surface area contributed by atoms with Gasteiger partial charge in [-0.25, -0.2) is 9.37 Å². The number of anilines is 1. The van der Waals surface area contributed by atoms with Crippen LogP contribution in [0.25, 0.3) is 0 Å². The van der Waals surface area contributed by atoms with Crippen molar-refractivity contribution in [2.75, 3.05) is 24.6 Å². The number of benzene rings is 1. The van der Waals surface area contributed by atoms with E-state index in [9.17, 15) is 14.5 Å². The zero-order valence-electron chi connectivity index (χ0n) is 12.9. The Morgan fingerprint density at radius 3 is 2.92 bits per heavy atom. The topological polar surface area (TPSA) is 68.5 Å². The highest BCUT2D eigenvalue weighted by Crippen LogP contribution is 2.29. The summed E-state index contributed by atoms with van der Waals surface area (Å²) < 4.78 is 19.1. The van der Waals surface area contributed by atoms with Crippen LogP contribution < -0.4 is 4.90 Å². The lowest BCUT2D eigenvalue weighted by Gasteiger charge is -2.34. The van der Waals surface area contributed by atoms with Gasteiger partial charge in [-0.15, -0.1) is 0 Å². The Bertz CT molecular complexity index is 787. The van der Waals surface area contributed by atoms with Crippen LogP contribution in [0.5, 0.6) is 0 Å². The number of pyridine rings is 1. The number of ether oxygens (including phenoxy) is 1. The molecule has 1 fully saturated rings. The van der Waals surface area contributed by atoms with E-state index < -0.39 is 10.7 Å². The van der Waals surface area contributed by atoms with Crippen molar-refractivity contribution in [3.8, 4) is 0 Å². The standard InChI is InChI=1S/C16H15ClFN3O3/c1-10-6-16(19-8-14(10)21(22)23)20-4-5-24-15(9-20)11-2-3-13(18)12(17)7-11/h2-3,6-8,15H,4-5,9H2,1H3. The van der Waals surface area contributed by atoms with Gasteiger partial charge in [-0.05, 0) is 30.7 Å². The number of halogens is 2. The maximum atomic E-state index is 13.3. The molecular formula is C16H15ClFN3O3. The summed E-state index contributed by atoms with van der Waals surface area (Å²) in [6, 6.07) is 6.20. The summed E-state index contributed by atoms with van der Waals surface area (Å²) in [5, 5.41) is 10.9. The minimum absolute atomic E-state index is 0.00567. The molecule has 0 radical (unpaired) electrons. The summed E-state index contributed by atoms with van der Waals surface area (Å²) in [6.45, 7) is 3.28. The maximum absolute atomic E-state index is 13.3. The Morgan fingerprint density at radius 2 is 2.25 bits per heavy atom. The number of rotatable bonds is 3. The van der Waals surface area contributed by atoms with E-state index >= 15 is 0 Å². The van der Waals surface area contributed by atoms with E-state index in [4.69, 9.17) is 16.3 Å². The van der Waals surface area contributed by atoms with E-state index in [1.54, 1.807) is 25.1 Å². The van der Waals surface area contributed by atoms with Crippen molar-refractivity contribution in [1.29, 1.82) is 0 Å². The largest absolute Gasteiger partial charge is 0.370 e. The Morgan fingerprint density at radius 1 is 1.46 bits per heavy atom. The molecule has 1 atom stereocenters. The maximum Gasteiger partial charge on any atom is 0.290 e. The van der Waals surface area contributed by atoms with Gasteiger partial charge in [0.2, 0.25) is 0 Å². The van der Waals surface area contributed by atoms with E-state index in [2.05, 4.69) is 4.98 Å². The molecule has 1 aliphatic rings. The van der Waals surface area contributed by atoms with Gasteiger partial charge in [0, 0.05) is 18.7 Å². The first-order valence-electron chi connectivity index (χ1n) is 7.38. The summed E-state index contributed by atoms with van der Waals surface area (Å²) >= 11 is 5.83. The lowest BCUT2D eigenvalue weighted by Crippen LogP contribution is -2.38. The number of morpholine rings is 1. The van der Waals surface area contributed by atoms with Gasteiger partial charge in [0.25, 0.3) is 5.69 Å². The van der Waals surface area contributed by atoms with Crippen molar-refractivity contribution in [3.05, 3.63) is 62.5 Å². The third kappa shape index (κ3) is 3.32. The molecular weight excluding hydrogens is 337 g/mol. The van der Waals surface area contributed by atoms with Gasteiger partial charge in [-0.1, -0.05) is 17.7 Å². The van der Waals surface area contributed by atoms with Crippen LogP contribution in [-0.4, -0.2) is 29.6 Å². The molecule has 1 aromatic heterocycles. The minimum atomic E-state index is -0.472. The molecule has 24 heavy (non-hydrogen) atoms. The first-order valence-corrected chi connectivity index (χ1v) is 7.76. The molecule has 2 aromatic rings. The molecule has 0 spiro atoms. The highest BCUT2D eigenvalue weighted by molar-refractivity contribution is 6.30. The molecule has 2 heterocycles.